The predicted molar refractivity (Wildman–Crippen MR) is 72.9 cm³/mol. The highest BCUT2D eigenvalue weighted by Crippen LogP contribution is 2.08. The quantitative estimate of drug-likeness (QED) is 0.879. The zero-order valence-corrected chi connectivity index (χ0v) is 12.0. The molecule has 106 valence electrons. The van der Waals surface area contributed by atoms with E-state index in [1.807, 2.05) is 4.90 Å². The van der Waals surface area contributed by atoms with Crippen LogP contribution in [0.25, 0.3) is 0 Å². The van der Waals surface area contributed by atoms with Crippen molar-refractivity contribution in [1.82, 2.24) is 25.0 Å². The van der Waals surface area contributed by atoms with Crippen LogP contribution in [0.1, 0.15) is 36.7 Å². The third-order valence-corrected chi connectivity index (χ3v) is 3.47. The largest absolute Gasteiger partial charge is 0.333 e. The van der Waals surface area contributed by atoms with Crippen molar-refractivity contribution >= 4 is 5.91 Å². The normalized spacial score (nSPS) is 17.2. The Morgan fingerprint density at radius 1 is 1.32 bits per heavy atom. The average Bonchev–Trinajstić information content (AvgIpc) is 2.83. The van der Waals surface area contributed by atoms with Gasteiger partial charge in [-0.05, 0) is 25.8 Å². The fourth-order valence-corrected chi connectivity index (χ4v) is 2.20. The van der Waals surface area contributed by atoms with Gasteiger partial charge in [0, 0.05) is 26.2 Å². The van der Waals surface area contributed by atoms with Crippen LogP contribution in [-0.4, -0.2) is 63.6 Å². The van der Waals surface area contributed by atoms with Crippen molar-refractivity contribution in [1.29, 1.82) is 0 Å². The van der Waals surface area contributed by atoms with E-state index in [-0.39, 0.29) is 11.7 Å². The van der Waals surface area contributed by atoms with E-state index in [0.29, 0.717) is 5.82 Å². The topological polar surface area (TPSA) is 65.1 Å². The molecule has 6 heteroatoms. The molecule has 0 atom stereocenters. The van der Waals surface area contributed by atoms with Gasteiger partial charge in [0.05, 0.1) is 0 Å². The van der Waals surface area contributed by atoms with Gasteiger partial charge in [0.2, 0.25) is 5.82 Å². The molecule has 1 amide bonds. The Bertz CT molecular complexity index is 420. The SMILES string of the molecule is Cc1nc(C(=O)N2CCN(CCC(C)C)CC2)n[nH]1. The van der Waals surface area contributed by atoms with E-state index in [1.165, 1.54) is 6.42 Å². The number of carbonyl (C=O) groups excluding carboxylic acids is 1. The molecular weight excluding hydrogens is 242 g/mol. The summed E-state index contributed by atoms with van der Waals surface area (Å²) in [5.41, 5.74) is 0. The third kappa shape index (κ3) is 3.76. The number of aryl methyl sites for hydroxylation is 1. The third-order valence-electron chi connectivity index (χ3n) is 3.47. The number of piperazine rings is 1. The zero-order valence-electron chi connectivity index (χ0n) is 12.0. The number of hydrogen-bond donors (Lipinski definition) is 1. The van der Waals surface area contributed by atoms with E-state index < -0.39 is 0 Å². The molecule has 0 aliphatic carbocycles. The summed E-state index contributed by atoms with van der Waals surface area (Å²) >= 11 is 0. The van der Waals surface area contributed by atoms with Crippen LogP contribution >= 0.6 is 0 Å². The van der Waals surface area contributed by atoms with Gasteiger partial charge in [0.15, 0.2) is 0 Å². The Balaban J connectivity index is 1.81. The van der Waals surface area contributed by atoms with Crippen LogP contribution in [0.2, 0.25) is 0 Å². The fraction of sp³-hybridized carbons (Fsp3) is 0.769. The molecule has 1 fully saturated rings. The summed E-state index contributed by atoms with van der Waals surface area (Å²) in [6.45, 7) is 10.8. The van der Waals surface area contributed by atoms with Gasteiger partial charge in [0.25, 0.3) is 5.91 Å². The summed E-state index contributed by atoms with van der Waals surface area (Å²) in [4.78, 5) is 20.5. The molecule has 0 aromatic carbocycles. The molecule has 1 aliphatic heterocycles. The van der Waals surface area contributed by atoms with Crippen molar-refractivity contribution in [3.63, 3.8) is 0 Å². The molecule has 0 unspecified atom stereocenters. The van der Waals surface area contributed by atoms with Crippen LogP contribution in [-0.2, 0) is 0 Å². The molecule has 19 heavy (non-hydrogen) atoms. The zero-order chi connectivity index (χ0) is 13.8. The minimum atomic E-state index is -0.0622. The van der Waals surface area contributed by atoms with Crippen molar-refractivity contribution in [3.05, 3.63) is 11.6 Å². The van der Waals surface area contributed by atoms with Crippen LogP contribution in [0, 0.1) is 12.8 Å². The summed E-state index contributed by atoms with van der Waals surface area (Å²) < 4.78 is 0. The highest BCUT2D eigenvalue weighted by Gasteiger charge is 2.24. The van der Waals surface area contributed by atoms with Gasteiger partial charge in [-0.25, -0.2) is 4.98 Å². The van der Waals surface area contributed by atoms with Gasteiger partial charge in [-0.2, -0.15) is 0 Å². The van der Waals surface area contributed by atoms with Crippen LogP contribution in [0.3, 0.4) is 0 Å². The molecule has 1 aliphatic rings. The maximum Gasteiger partial charge on any atom is 0.293 e. The highest BCUT2D eigenvalue weighted by atomic mass is 16.2. The molecule has 0 bridgehead atoms. The Hall–Kier alpha value is -1.43. The second-order valence-electron chi connectivity index (χ2n) is 5.56. The minimum Gasteiger partial charge on any atom is -0.333 e. The Morgan fingerprint density at radius 2 is 2.00 bits per heavy atom. The second kappa shape index (κ2) is 6.14. The van der Waals surface area contributed by atoms with Crippen LogP contribution in [0.4, 0.5) is 0 Å². The van der Waals surface area contributed by atoms with Crippen molar-refractivity contribution in [2.75, 3.05) is 32.7 Å². The van der Waals surface area contributed by atoms with E-state index in [9.17, 15) is 4.79 Å². The molecule has 1 saturated heterocycles. The van der Waals surface area contributed by atoms with Gasteiger partial charge >= 0.3 is 0 Å². The lowest BCUT2D eigenvalue weighted by Gasteiger charge is -2.34. The van der Waals surface area contributed by atoms with Crippen molar-refractivity contribution in [2.45, 2.75) is 27.2 Å². The number of hydrogen-bond acceptors (Lipinski definition) is 4. The lowest BCUT2D eigenvalue weighted by atomic mass is 10.1. The molecule has 0 saturated carbocycles. The fourth-order valence-electron chi connectivity index (χ4n) is 2.20. The Kier molecular flexibility index (Phi) is 4.52. The van der Waals surface area contributed by atoms with Crippen LogP contribution < -0.4 is 0 Å². The summed E-state index contributed by atoms with van der Waals surface area (Å²) in [5.74, 6) is 1.64. The first kappa shape index (κ1) is 14.0. The first-order valence-corrected chi connectivity index (χ1v) is 6.97. The van der Waals surface area contributed by atoms with Crippen molar-refractivity contribution in [2.24, 2.45) is 5.92 Å². The first-order chi connectivity index (χ1) is 9.06. The average molecular weight is 265 g/mol. The summed E-state index contributed by atoms with van der Waals surface area (Å²) in [5, 5.41) is 6.64. The molecular formula is C13H23N5O. The number of nitrogens with one attached hydrogen (secondary N) is 1. The predicted octanol–water partition coefficient (Wildman–Crippen LogP) is 0.917. The smallest absolute Gasteiger partial charge is 0.293 e. The Labute approximate surface area is 114 Å². The van der Waals surface area contributed by atoms with E-state index in [2.05, 4.69) is 33.9 Å². The summed E-state index contributed by atoms with van der Waals surface area (Å²) in [6.07, 6.45) is 1.22. The minimum absolute atomic E-state index is 0.0622. The number of aromatic amines is 1. The van der Waals surface area contributed by atoms with Crippen LogP contribution in [0.15, 0.2) is 0 Å². The summed E-state index contributed by atoms with van der Waals surface area (Å²) in [7, 11) is 0. The van der Waals surface area contributed by atoms with Gasteiger partial charge in [-0.15, -0.1) is 5.10 Å². The molecule has 1 aromatic rings. The molecule has 2 heterocycles. The molecule has 0 spiro atoms. The van der Waals surface area contributed by atoms with Crippen molar-refractivity contribution < 1.29 is 4.79 Å². The molecule has 2 rings (SSSR count). The van der Waals surface area contributed by atoms with Gasteiger partial charge in [0.1, 0.15) is 5.82 Å². The standard InChI is InChI=1S/C13H23N5O/c1-10(2)4-5-17-6-8-18(9-7-17)13(19)12-14-11(3)15-16-12/h10H,4-9H2,1-3H3,(H,14,15,16). The number of carbonyl (C=O) groups is 1. The second-order valence-corrected chi connectivity index (χ2v) is 5.56. The lowest BCUT2D eigenvalue weighted by Crippen LogP contribution is -2.49. The van der Waals surface area contributed by atoms with E-state index in [1.54, 1.807) is 6.92 Å². The first-order valence-electron chi connectivity index (χ1n) is 6.97. The number of aromatic nitrogens is 3. The van der Waals surface area contributed by atoms with E-state index >= 15 is 0 Å². The van der Waals surface area contributed by atoms with Gasteiger partial charge in [-0.1, -0.05) is 13.8 Å². The molecule has 0 radical (unpaired) electrons. The highest BCUT2D eigenvalue weighted by molar-refractivity contribution is 5.90. The molecule has 1 N–H and O–H groups in total. The monoisotopic (exact) mass is 265 g/mol. The lowest BCUT2D eigenvalue weighted by molar-refractivity contribution is 0.0620. The van der Waals surface area contributed by atoms with Gasteiger partial charge < -0.3 is 4.90 Å². The van der Waals surface area contributed by atoms with Gasteiger partial charge in [-0.3, -0.25) is 14.8 Å². The Morgan fingerprint density at radius 3 is 2.53 bits per heavy atom. The number of rotatable bonds is 4. The number of nitrogens with zero attached hydrogens (tertiary/aromatic N) is 4. The maximum atomic E-state index is 12.1. The molecule has 1 aromatic heterocycles. The van der Waals surface area contributed by atoms with Crippen molar-refractivity contribution in [3.8, 4) is 0 Å². The molecule has 6 nitrogen and oxygen atoms in total. The van der Waals surface area contributed by atoms with Crippen LogP contribution in [0.5, 0.6) is 0 Å². The van der Waals surface area contributed by atoms with E-state index in [0.717, 1.165) is 38.6 Å². The maximum absolute atomic E-state index is 12.1. The van der Waals surface area contributed by atoms with E-state index in [4.69, 9.17) is 0 Å². The number of H-pyrrole nitrogens is 1. The summed E-state index contributed by atoms with van der Waals surface area (Å²) in [6, 6.07) is 0. The number of amides is 1.